The zero-order valence-corrected chi connectivity index (χ0v) is 12.9. The maximum Gasteiger partial charge on any atom is 0.339 e. The first-order valence-electron chi connectivity index (χ1n) is 6.90. The predicted molar refractivity (Wildman–Crippen MR) is 80.1 cm³/mol. The zero-order chi connectivity index (χ0) is 14.7. The van der Waals surface area contributed by atoms with Crippen LogP contribution in [0.25, 0.3) is 0 Å². The van der Waals surface area contributed by atoms with Crippen molar-refractivity contribution in [1.82, 2.24) is 0 Å². The Bertz CT molecular complexity index is 494. The third kappa shape index (κ3) is 3.58. The van der Waals surface area contributed by atoms with Gasteiger partial charge >= 0.3 is 5.97 Å². The molecule has 0 unspecified atom stereocenters. The van der Waals surface area contributed by atoms with Gasteiger partial charge in [-0.2, -0.15) is 0 Å². The topological polar surface area (TPSA) is 46.5 Å². The van der Waals surface area contributed by atoms with E-state index in [0.717, 1.165) is 31.6 Å². The number of rotatable bonds is 4. The lowest BCUT2D eigenvalue weighted by Crippen LogP contribution is -2.24. The number of ether oxygens (including phenoxy) is 1. The molecule has 0 spiro atoms. The first-order valence-corrected chi connectivity index (χ1v) is 7.65. The highest BCUT2D eigenvalue weighted by molar-refractivity contribution is 6.36. The van der Waals surface area contributed by atoms with E-state index >= 15 is 0 Å². The Morgan fingerprint density at radius 2 is 1.95 bits per heavy atom. The van der Waals surface area contributed by atoms with Gasteiger partial charge in [-0.25, -0.2) is 4.79 Å². The summed E-state index contributed by atoms with van der Waals surface area (Å²) in [5, 5.41) is 9.78. The van der Waals surface area contributed by atoms with E-state index in [4.69, 9.17) is 27.9 Å². The molecule has 1 aromatic carbocycles. The number of hydrogen-bond acceptors (Lipinski definition) is 2. The van der Waals surface area contributed by atoms with Crippen molar-refractivity contribution in [1.29, 1.82) is 0 Å². The molecule has 1 aliphatic rings. The molecule has 0 aromatic heterocycles. The highest BCUT2D eigenvalue weighted by atomic mass is 35.5. The molecule has 1 aromatic rings. The van der Waals surface area contributed by atoms with E-state index in [9.17, 15) is 9.90 Å². The monoisotopic (exact) mass is 316 g/mol. The molecule has 110 valence electrons. The summed E-state index contributed by atoms with van der Waals surface area (Å²) in [4.78, 5) is 11.3. The summed E-state index contributed by atoms with van der Waals surface area (Å²) in [6, 6.07) is 2.89. The van der Waals surface area contributed by atoms with Gasteiger partial charge in [0, 0.05) is 5.02 Å². The standard InChI is InChI=1S/C15H18Cl2O3/c1-2-9-3-5-11(6-4-9)20-14-12(15(18)19)7-10(16)8-13(14)17/h7-9,11H,2-6H2,1H3,(H,18,19). The molecule has 0 saturated heterocycles. The minimum atomic E-state index is -1.08. The van der Waals surface area contributed by atoms with Crippen LogP contribution in [0.4, 0.5) is 0 Å². The van der Waals surface area contributed by atoms with Gasteiger partial charge in [-0.1, -0.05) is 36.5 Å². The molecule has 2 rings (SSSR count). The van der Waals surface area contributed by atoms with E-state index in [1.807, 2.05) is 0 Å². The van der Waals surface area contributed by atoms with Crippen molar-refractivity contribution in [3.8, 4) is 5.75 Å². The number of carboxylic acid groups (broad SMARTS) is 1. The number of carboxylic acids is 1. The number of aromatic carboxylic acids is 1. The molecular weight excluding hydrogens is 299 g/mol. The Balaban J connectivity index is 2.15. The molecule has 0 aliphatic heterocycles. The van der Waals surface area contributed by atoms with Gasteiger partial charge in [0.05, 0.1) is 11.1 Å². The highest BCUT2D eigenvalue weighted by Crippen LogP contribution is 2.36. The minimum absolute atomic E-state index is 0.0279. The Kier molecular flexibility index (Phi) is 5.17. The summed E-state index contributed by atoms with van der Waals surface area (Å²) < 4.78 is 5.85. The van der Waals surface area contributed by atoms with Crippen LogP contribution < -0.4 is 4.74 Å². The maximum atomic E-state index is 11.3. The molecule has 20 heavy (non-hydrogen) atoms. The average Bonchev–Trinajstić information content (AvgIpc) is 2.42. The molecule has 3 nitrogen and oxygen atoms in total. The first-order chi connectivity index (χ1) is 9.51. The lowest BCUT2D eigenvalue weighted by atomic mass is 9.86. The molecule has 1 fully saturated rings. The molecule has 5 heteroatoms. The molecule has 0 radical (unpaired) electrons. The van der Waals surface area contributed by atoms with Crippen LogP contribution >= 0.6 is 23.2 Å². The molecular formula is C15H18Cl2O3. The van der Waals surface area contributed by atoms with Crippen molar-refractivity contribution in [3.63, 3.8) is 0 Å². The Labute approximate surface area is 128 Å². The van der Waals surface area contributed by atoms with Gasteiger partial charge in [0.15, 0.2) is 5.75 Å². The Hall–Kier alpha value is -0.930. The van der Waals surface area contributed by atoms with E-state index in [-0.39, 0.29) is 22.4 Å². The molecule has 0 bridgehead atoms. The van der Waals surface area contributed by atoms with E-state index in [1.54, 1.807) is 0 Å². The van der Waals surface area contributed by atoms with Crippen molar-refractivity contribution in [3.05, 3.63) is 27.7 Å². The summed E-state index contributed by atoms with van der Waals surface area (Å²) in [6.07, 6.45) is 5.35. The van der Waals surface area contributed by atoms with Crippen LogP contribution in [-0.2, 0) is 0 Å². The molecule has 1 N–H and O–H groups in total. The fourth-order valence-electron chi connectivity index (χ4n) is 2.66. The van der Waals surface area contributed by atoms with Gasteiger partial charge in [0.25, 0.3) is 0 Å². The lowest BCUT2D eigenvalue weighted by Gasteiger charge is -2.29. The Morgan fingerprint density at radius 1 is 1.30 bits per heavy atom. The maximum absolute atomic E-state index is 11.3. The number of carbonyl (C=O) groups is 1. The van der Waals surface area contributed by atoms with Crippen LogP contribution in [-0.4, -0.2) is 17.2 Å². The minimum Gasteiger partial charge on any atom is -0.488 e. The normalized spacial score (nSPS) is 22.6. The second-order valence-corrected chi connectivity index (χ2v) is 6.08. The van der Waals surface area contributed by atoms with Gasteiger partial charge in [-0.15, -0.1) is 0 Å². The van der Waals surface area contributed by atoms with E-state index < -0.39 is 5.97 Å². The Morgan fingerprint density at radius 3 is 2.50 bits per heavy atom. The highest BCUT2D eigenvalue weighted by Gasteiger charge is 2.24. The van der Waals surface area contributed by atoms with E-state index in [0.29, 0.717) is 5.02 Å². The fourth-order valence-corrected chi connectivity index (χ4v) is 3.20. The van der Waals surface area contributed by atoms with Crippen molar-refractivity contribution < 1.29 is 14.6 Å². The second kappa shape index (κ2) is 6.68. The van der Waals surface area contributed by atoms with E-state index in [2.05, 4.69) is 6.92 Å². The molecule has 1 aliphatic carbocycles. The third-order valence-corrected chi connectivity index (χ3v) is 4.39. The summed E-state index contributed by atoms with van der Waals surface area (Å²) in [7, 11) is 0. The van der Waals surface area contributed by atoms with Gasteiger partial charge in [-0.3, -0.25) is 0 Å². The lowest BCUT2D eigenvalue weighted by molar-refractivity contribution is 0.0683. The van der Waals surface area contributed by atoms with Crippen molar-refractivity contribution in [2.75, 3.05) is 0 Å². The number of halogens is 2. The average molecular weight is 317 g/mol. The number of hydrogen-bond donors (Lipinski definition) is 1. The molecule has 0 atom stereocenters. The smallest absolute Gasteiger partial charge is 0.339 e. The van der Waals surface area contributed by atoms with Crippen LogP contribution in [0.1, 0.15) is 49.4 Å². The predicted octanol–water partition coefficient (Wildman–Crippen LogP) is 5.04. The van der Waals surface area contributed by atoms with Crippen molar-refractivity contribution in [2.24, 2.45) is 5.92 Å². The van der Waals surface area contributed by atoms with Crippen LogP contribution in [0.2, 0.25) is 10.0 Å². The summed E-state index contributed by atoms with van der Waals surface area (Å²) in [6.45, 7) is 2.20. The molecule has 0 heterocycles. The number of benzene rings is 1. The summed E-state index contributed by atoms with van der Waals surface area (Å²) >= 11 is 11.9. The summed E-state index contributed by atoms with van der Waals surface area (Å²) in [5.41, 5.74) is 0.0279. The van der Waals surface area contributed by atoms with Crippen LogP contribution in [0.15, 0.2) is 12.1 Å². The summed E-state index contributed by atoms with van der Waals surface area (Å²) in [5.74, 6) is -0.0790. The third-order valence-electron chi connectivity index (χ3n) is 3.89. The zero-order valence-electron chi connectivity index (χ0n) is 11.4. The van der Waals surface area contributed by atoms with Crippen LogP contribution in [0.5, 0.6) is 5.75 Å². The van der Waals surface area contributed by atoms with Gasteiger partial charge in [0.1, 0.15) is 5.56 Å². The quantitative estimate of drug-likeness (QED) is 0.846. The molecule has 1 saturated carbocycles. The SMILES string of the molecule is CCC1CCC(Oc2c(Cl)cc(Cl)cc2C(=O)O)CC1. The van der Waals surface area contributed by atoms with Gasteiger partial charge in [0.2, 0.25) is 0 Å². The van der Waals surface area contributed by atoms with Gasteiger partial charge in [-0.05, 0) is 43.7 Å². The second-order valence-electron chi connectivity index (χ2n) is 5.24. The van der Waals surface area contributed by atoms with Crippen molar-refractivity contribution >= 4 is 29.2 Å². The van der Waals surface area contributed by atoms with Crippen molar-refractivity contribution in [2.45, 2.75) is 45.1 Å². The molecule has 0 amide bonds. The first kappa shape index (κ1) is 15.5. The largest absolute Gasteiger partial charge is 0.488 e. The van der Waals surface area contributed by atoms with Gasteiger partial charge < -0.3 is 9.84 Å². The van der Waals surface area contributed by atoms with E-state index in [1.165, 1.54) is 18.6 Å². The fraction of sp³-hybridized carbons (Fsp3) is 0.533. The van der Waals surface area contributed by atoms with Crippen LogP contribution in [0.3, 0.4) is 0 Å². The van der Waals surface area contributed by atoms with Crippen LogP contribution in [0, 0.1) is 5.92 Å².